The van der Waals surface area contributed by atoms with Crippen LogP contribution in [0.1, 0.15) is 11.1 Å². The van der Waals surface area contributed by atoms with E-state index < -0.39 is 17.9 Å². The molecule has 2 heterocycles. The van der Waals surface area contributed by atoms with Crippen LogP contribution in [0.25, 0.3) is 0 Å². The van der Waals surface area contributed by atoms with Gasteiger partial charge >= 0.3 is 0 Å². The summed E-state index contributed by atoms with van der Waals surface area (Å²) in [5.41, 5.74) is 2.54. The lowest BCUT2D eigenvalue weighted by molar-refractivity contribution is -0.126. The van der Waals surface area contributed by atoms with Crippen molar-refractivity contribution in [2.45, 2.75) is 13.0 Å². The molecule has 0 spiro atoms. The number of fused-ring (bicyclic) bond motifs is 1. The van der Waals surface area contributed by atoms with Gasteiger partial charge in [0.15, 0.2) is 11.5 Å². The zero-order valence-electron chi connectivity index (χ0n) is 15.4. The first-order valence-corrected chi connectivity index (χ1v) is 9.35. The van der Waals surface area contributed by atoms with Crippen molar-refractivity contribution in [2.75, 3.05) is 19.1 Å². The van der Waals surface area contributed by atoms with Gasteiger partial charge in [-0.15, -0.1) is 0 Å². The molecule has 2 aromatic carbocycles. The van der Waals surface area contributed by atoms with E-state index in [2.05, 4.69) is 21.1 Å². The minimum atomic E-state index is -0.969. The van der Waals surface area contributed by atoms with Crippen molar-refractivity contribution in [1.82, 2.24) is 0 Å². The number of rotatable bonds is 4. The second-order valence-electron chi connectivity index (χ2n) is 6.52. The number of carbonyl (C=O) groups is 2. The maximum absolute atomic E-state index is 13.2. The van der Waals surface area contributed by atoms with Crippen molar-refractivity contribution < 1.29 is 23.9 Å². The molecule has 7 nitrogen and oxygen atoms in total. The molecule has 1 saturated heterocycles. The molecule has 1 fully saturated rings. The van der Waals surface area contributed by atoms with Crippen LogP contribution in [-0.4, -0.2) is 37.8 Å². The molecule has 144 valence electrons. The molecule has 0 bridgehead atoms. The number of carbonyl (C=O) groups excluding carboxylic acids is 2. The molecule has 0 unspecified atom stereocenters. The summed E-state index contributed by atoms with van der Waals surface area (Å²) in [6.07, 6.45) is -0.969. The van der Waals surface area contributed by atoms with Gasteiger partial charge in [0.2, 0.25) is 12.0 Å². The maximum atomic E-state index is 13.2. The van der Waals surface area contributed by atoms with Crippen LogP contribution in [0, 0.1) is 12.8 Å². The molecule has 0 aliphatic carbocycles. The number of hydrogen-bond acceptors (Lipinski definition) is 6. The fourth-order valence-electron chi connectivity index (χ4n) is 3.44. The first-order valence-electron chi connectivity index (χ1n) is 8.56. The van der Waals surface area contributed by atoms with Crippen LogP contribution >= 0.6 is 15.9 Å². The van der Waals surface area contributed by atoms with E-state index in [0.29, 0.717) is 32.9 Å². The number of aryl methyl sites for hydroxylation is 1. The lowest BCUT2D eigenvalue weighted by Crippen LogP contribution is -2.33. The zero-order valence-corrected chi connectivity index (χ0v) is 17.0. The Morgan fingerprint density at radius 2 is 1.79 bits per heavy atom. The smallest absolute Gasteiger partial charge is 0.279 e. The van der Waals surface area contributed by atoms with E-state index >= 15 is 0 Å². The number of nitrogens with zero attached hydrogens (tertiary/aromatic N) is 2. The van der Waals surface area contributed by atoms with Crippen molar-refractivity contribution in [3.63, 3.8) is 0 Å². The summed E-state index contributed by atoms with van der Waals surface area (Å²) in [4.78, 5) is 32.6. The van der Waals surface area contributed by atoms with E-state index in [0.717, 1.165) is 10.5 Å². The normalized spacial score (nSPS) is 20.7. The summed E-state index contributed by atoms with van der Waals surface area (Å²) in [6.45, 7) is 1.93. The molecule has 8 heteroatoms. The highest BCUT2D eigenvalue weighted by atomic mass is 79.9. The Morgan fingerprint density at radius 1 is 1.04 bits per heavy atom. The number of amides is 2. The van der Waals surface area contributed by atoms with Crippen LogP contribution in [0.15, 0.2) is 46.0 Å². The molecule has 0 radical (unpaired) electrons. The number of anilines is 1. The molecule has 2 aromatic rings. The molecule has 0 N–H and O–H groups in total. The Labute approximate surface area is 170 Å². The fourth-order valence-corrected chi connectivity index (χ4v) is 4.11. The number of ether oxygens (including phenoxy) is 2. The molecule has 2 aliphatic heterocycles. The number of halogens is 1. The van der Waals surface area contributed by atoms with Crippen LogP contribution in [-0.2, 0) is 14.4 Å². The third-order valence-electron chi connectivity index (χ3n) is 4.84. The van der Waals surface area contributed by atoms with Gasteiger partial charge in [0.25, 0.3) is 5.91 Å². The van der Waals surface area contributed by atoms with Crippen molar-refractivity contribution in [2.24, 2.45) is 11.1 Å². The van der Waals surface area contributed by atoms with Crippen LogP contribution in [0.3, 0.4) is 0 Å². The lowest BCUT2D eigenvalue weighted by atomic mass is 9.94. The van der Waals surface area contributed by atoms with Crippen LogP contribution in [0.2, 0.25) is 0 Å². The number of oxime groups is 1. The van der Waals surface area contributed by atoms with Gasteiger partial charge in [-0.25, -0.2) is 4.90 Å². The molecular formula is C20H17BrN2O5. The van der Waals surface area contributed by atoms with Gasteiger partial charge in [-0.1, -0.05) is 11.2 Å². The van der Waals surface area contributed by atoms with Gasteiger partial charge in [-0.05, 0) is 58.7 Å². The molecule has 2 amide bonds. The third kappa shape index (κ3) is 2.75. The second-order valence-corrected chi connectivity index (χ2v) is 7.37. The Hall–Kier alpha value is -2.87. The topological polar surface area (TPSA) is 77.4 Å². The summed E-state index contributed by atoms with van der Waals surface area (Å²) in [5.74, 6) is -0.550. The lowest BCUT2D eigenvalue weighted by Gasteiger charge is -2.17. The molecule has 4 rings (SSSR count). The van der Waals surface area contributed by atoms with Crippen LogP contribution in [0.5, 0.6) is 11.5 Å². The van der Waals surface area contributed by atoms with Crippen LogP contribution < -0.4 is 14.4 Å². The molecular weight excluding hydrogens is 428 g/mol. The summed E-state index contributed by atoms with van der Waals surface area (Å²) < 4.78 is 11.2. The van der Waals surface area contributed by atoms with E-state index in [9.17, 15) is 9.59 Å². The molecule has 28 heavy (non-hydrogen) atoms. The van der Waals surface area contributed by atoms with Crippen molar-refractivity contribution in [3.8, 4) is 11.5 Å². The van der Waals surface area contributed by atoms with Crippen molar-refractivity contribution in [3.05, 3.63) is 52.0 Å². The van der Waals surface area contributed by atoms with Gasteiger partial charge in [-0.2, -0.15) is 0 Å². The SMILES string of the molecule is COc1ccc(C2=NO[C@@H]3C(=O)N(c4ccc(C)cc4Br)C(=O)[C@@H]23)cc1OC. The van der Waals surface area contributed by atoms with Gasteiger partial charge in [0, 0.05) is 10.0 Å². The standard InChI is InChI=1S/C20H17BrN2O5/c1-10-4-6-13(12(21)8-10)23-19(24)16-17(22-28-18(16)20(23)25)11-5-7-14(26-2)15(9-11)27-3/h4-9,16,18H,1-3H3/t16-,18-/m0/s1. The van der Waals surface area contributed by atoms with Crippen molar-refractivity contribution >= 4 is 39.1 Å². The average Bonchev–Trinajstić information content (AvgIpc) is 3.22. The number of imide groups is 1. The molecule has 2 aliphatic rings. The Balaban J connectivity index is 1.71. The van der Waals surface area contributed by atoms with Crippen LogP contribution in [0.4, 0.5) is 5.69 Å². The van der Waals surface area contributed by atoms with E-state index in [1.54, 1.807) is 31.4 Å². The summed E-state index contributed by atoms with van der Waals surface area (Å²) in [7, 11) is 3.07. The first-order chi connectivity index (χ1) is 13.5. The van der Waals surface area contributed by atoms with E-state index in [4.69, 9.17) is 14.3 Å². The predicted molar refractivity (Wildman–Crippen MR) is 106 cm³/mol. The zero-order chi connectivity index (χ0) is 20.0. The van der Waals surface area contributed by atoms with Gasteiger partial charge < -0.3 is 14.3 Å². The number of hydrogen-bond donors (Lipinski definition) is 0. The Morgan fingerprint density at radius 3 is 2.46 bits per heavy atom. The molecule has 0 saturated carbocycles. The highest BCUT2D eigenvalue weighted by molar-refractivity contribution is 9.10. The quantitative estimate of drug-likeness (QED) is 0.677. The van der Waals surface area contributed by atoms with E-state index in [1.807, 2.05) is 19.1 Å². The second kappa shape index (κ2) is 6.94. The molecule has 0 aromatic heterocycles. The van der Waals surface area contributed by atoms with Gasteiger partial charge in [0.1, 0.15) is 11.6 Å². The third-order valence-corrected chi connectivity index (χ3v) is 5.47. The number of benzene rings is 2. The maximum Gasteiger partial charge on any atom is 0.279 e. The van der Waals surface area contributed by atoms with E-state index in [1.165, 1.54) is 7.11 Å². The summed E-state index contributed by atoms with van der Waals surface area (Å²) >= 11 is 3.44. The summed E-state index contributed by atoms with van der Waals surface area (Å²) in [5, 5.41) is 4.03. The Bertz CT molecular complexity index is 1020. The average molecular weight is 445 g/mol. The molecule has 2 atom stereocenters. The van der Waals surface area contributed by atoms with Crippen molar-refractivity contribution in [1.29, 1.82) is 0 Å². The van der Waals surface area contributed by atoms with Gasteiger partial charge in [0.05, 0.1) is 19.9 Å². The Kier molecular flexibility index (Phi) is 4.58. The largest absolute Gasteiger partial charge is 0.493 e. The fraction of sp³-hybridized carbons (Fsp3) is 0.250. The minimum absolute atomic E-state index is 0.370. The van der Waals surface area contributed by atoms with Gasteiger partial charge in [-0.3, -0.25) is 9.59 Å². The number of methoxy groups -OCH3 is 2. The first kappa shape index (κ1) is 18.5. The minimum Gasteiger partial charge on any atom is -0.493 e. The van der Waals surface area contributed by atoms with E-state index in [-0.39, 0.29) is 5.91 Å². The monoisotopic (exact) mass is 444 g/mol. The summed E-state index contributed by atoms with van der Waals surface area (Å²) in [6, 6.07) is 10.6. The highest BCUT2D eigenvalue weighted by Gasteiger charge is 2.56. The highest BCUT2D eigenvalue weighted by Crippen LogP contribution is 2.39. The predicted octanol–water partition coefficient (Wildman–Crippen LogP) is 3.07.